The van der Waals surface area contributed by atoms with E-state index in [1.807, 2.05) is 44.2 Å². The van der Waals surface area contributed by atoms with Gasteiger partial charge in [0.05, 0.1) is 11.4 Å². The molecule has 2 amide bonds. The fourth-order valence-corrected chi connectivity index (χ4v) is 8.15. The zero-order valence-electron chi connectivity index (χ0n) is 22.6. The number of halogens is 2. The molecule has 1 saturated carbocycles. The maximum atomic E-state index is 13.2. The van der Waals surface area contributed by atoms with Crippen LogP contribution in [0.5, 0.6) is 0 Å². The fourth-order valence-electron chi connectivity index (χ4n) is 5.22. The highest BCUT2D eigenvalue weighted by atomic mass is 35.5. The molecule has 3 aromatic rings. The summed E-state index contributed by atoms with van der Waals surface area (Å²) in [5, 5.41) is 7.51. The molecule has 1 aliphatic carbocycles. The molecule has 3 N–H and O–H groups in total. The molecule has 0 bridgehead atoms. The van der Waals surface area contributed by atoms with Crippen LogP contribution in [0.4, 0.5) is 0 Å². The lowest BCUT2D eigenvalue weighted by molar-refractivity contribution is -0.129. The maximum absolute atomic E-state index is 13.2. The third kappa shape index (κ3) is 8.19. The number of benzene rings is 2. The van der Waals surface area contributed by atoms with Crippen LogP contribution in [0.1, 0.15) is 44.4 Å². The Morgan fingerprint density at radius 1 is 1.02 bits per heavy atom. The topological polar surface area (TPSA) is 104 Å². The molecule has 0 aliphatic heterocycles. The van der Waals surface area contributed by atoms with Gasteiger partial charge in [-0.05, 0) is 72.7 Å². The summed E-state index contributed by atoms with van der Waals surface area (Å²) in [5.74, 6) is 0.0289. The lowest BCUT2D eigenvalue weighted by Gasteiger charge is -2.24. The highest BCUT2D eigenvalue weighted by Crippen LogP contribution is 2.32. The Labute approximate surface area is 250 Å². The Hall–Kier alpha value is -2.17. The van der Waals surface area contributed by atoms with Crippen LogP contribution >= 0.6 is 34.5 Å². The number of amides is 2. The molecule has 0 spiro atoms. The molecule has 3 atom stereocenters. The highest BCUT2D eigenvalue weighted by Gasteiger charge is 2.31. The first-order chi connectivity index (χ1) is 19.0. The minimum absolute atomic E-state index is 0.00988. The second-order valence-corrected chi connectivity index (χ2v) is 14.5. The third-order valence-electron chi connectivity index (χ3n) is 7.24. The summed E-state index contributed by atoms with van der Waals surface area (Å²) in [4.78, 5) is 27.0. The van der Waals surface area contributed by atoms with Gasteiger partial charge in [-0.25, -0.2) is 13.1 Å². The molecule has 0 saturated heterocycles. The molecule has 11 heteroatoms. The van der Waals surface area contributed by atoms with E-state index in [4.69, 9.17) is 23.2 Å². The lowest BCUT2D eigenvalue weighted by atomic mass is 9.96. The standard InChI is InChI=1S/C29H35Cl2N3O4S2/c1-18(2)12-25(34-28(35)15-23-13-19-6-3-4-9-26(19)39-23)29(36)32-16-20-7-5-8-21(20)17-33-40(37,38)27-11-10-22(30)14-24(27)31/h3-4,6,9-11,13-14,18,20-21,25,33H,5,7-8,12,15-17H2,1-2H3,(H,32,36)(H,34,35)/t20?,21?,25-/m0/s1. The van der Waals surface area contributed by atoms with Crippen LogP contribution in [-0.2, 0) is 26.0 Å². The Morgan fingerprint density at radius 3 is 2.45 bits per heavy atom. The van der Waals surface area contributed by atoms with E-state index in [2.05, 4.69) is 15.4 Å². The number of carbonyl (C=O) groups is 2. The normalized spacial score (nSPS) is 18.2. The SMILES string of the molecule is CC(C)C[C@H](NC(=O)Cc1cc2ccccc2s1)C(=O)NCC1CCCC1CNS(=O)(=O)c1ccc(Cl)cc1Cl. The monoisotopic (exact) mass is 623 g/mol. The molecule has 1 aliphatic rings. The number of fused-ring (bicyclic) bond motifs is 1. The van der Waals surface area contributed by atoms with Crippen LogP contribution in [-0.4, -0.2) is 39.4 Å². The number of sulfonamides is 1. The van der Waals surface area contributed by atoms with E-state index in [0.717, 1.165) is 34.2 Å². The van der Waals surface area contributed by atoms with Gasteiger partial charge >= 0.3 is 0 Å². The zero-order valence-corrected chi connectivity index (χ0v) is 25.7. The van der Waals surface area contributed by atoms with Gasteiger partial charge in [-0.1, -0.05) is 61.7 Å². The van der Waals surface area contributed by atoms with Crippen molar-refractivity contribution in [3.05, 3.63) is 63.5 Å². The van der Waals surface area contributed by atoms with Gasteiger partial charge in [-0.15, -0.1) is 11.3 Å². The molecular formula is C29H35Cl2N3O4S2. The summed E-state index contributed by atoms with van der Waals surface area (Å²) in [5.41, 5.74) is 0. The number of hydrogen-bond acceptors (Lipinski definition) is 5. The molecule has 1 aromatic heterocycles. The average molecular weight is 625 g/mol. The van der Waals surface area contributed by atoms with E-state index >= 15 is 0 Å². The molecule has 1 fully saturated rings. The van der Waals surface area contributed by atoms with Gasteiger partial charge in [0.1, 0.15) is 10.9 Å². The molecule has 40 heavy (non-hydrogen) atoms. The Kier molecular flexibility index (Phi) is 10.5. The fraction of sp³-hybridized carbons (Fsp3) is 0.448. The summed E-state index contributed by atoms with van der Waals surface area (Å²) < 4.78 is 29.5. The van der Waals surface area contributed by atoms with Gasteiger partial charge in [0.15, 0.2) is 0 Å². The van der Waals surface area contributed by atoms with Crippen molar-refractivity contribution in [2.24, 2.45) is 17.8 Å². The summed E-state index contributed by atoms with van der Waals surface area (Å²) >= 11 is 13.6. The molecular weight excluding hydrogens is 589 g/mol. The first-order valence-corrected chi connectivity index (χ1v) is 16.6. The van der Waals surface area contributed by atoms with Crippen molar-refractivity contribution in [3.63, 3.8) is 0 Å². The molecule has 0 radical (unpaired) electrons. The van der Waals surface area contributed by atoms with Gasteiger partial charge in [0.25, 0.3) is 0 Å². The van der Waals surface area contributed by atoms with E-state index in [1.165, 1.54) is 18.2 Å². The summed E-state index contributed by atoms with van der Waals surface area (Å²) in [6.07, 6.45) is 3.46. The van der Waals surface area contributed by atoms with Crippen LogP contribution in [0.25, 0.3) is 10.1 Å². The summed E-state index contributed by atoms with van der Waals surface area (Å²) in [6.45, 7) is 4.71. The third-order valence-corrected chi connectivity index (χ3v) is 10.5. The van der Waals surface area contributed by atoms with E-state index in [0.29, 0.717) is 18.0 Å². The van der Waals surface area contributed by atoms with Crippen molar-refractivity contribution in [1.29, 1.82) is 0 Å². The number of nitrogens with one attached hydrogen (secondary N) is 3. The molecule has 7 nitrogen and oxygen atoms in total. The quantitative estimate of drug-likeness (QED) is 0.237. The van der Waals surface area contributed by atoms with Gasteiger partial charge in [-0.2, -0.15) is 0 Å². The van der Waals surface area contributed by atoms with E-state index < -0.39 is 16.1 Å². The van der Waals surface area contributed by atoms with Crippen LogP contribution < -0.4 is 15.4 Å². The lowest BCUT2D eigenvalue weighted by Crippen LogP contribution is -2.49. The maximum Gasteiger partial charge on any atom is 0.242 e. The van der Waals surface area contributed by atoms with Crippen LogP contribution in [0.3, 0.4) is 0 Å². The van der Waals surface area contributed by atoms with Gasteiger partial charge < -0.3 is 10.6 Å². The molecule has 216 valence electrons. The average Bonchev–Trinajstić information content (AvgIpc) is 3.51. The molecule has 2 aromatic carbocycles. The van der Waals surface area contributed by atoms with Crippen molar-refractivity contribution in [2.75, 3.05) is 13.1 Å². The Balaban J connectivity index is 1.31. The van der Waals surface area contributed by atoms with Crippen molar-refractivity contribution < 1.29 is 18.0 Å². The predicted molar refractivity (Wildman–Crippen MR) is 162 cm³/mol. The number of rotatable bonds is 12. The molecule has 2 unspecified atom stereocenters. The smallest absolute Gasteiger partial charge is 0.242 e. The van der Waals surface area contributed by atoms with Gasteiger partial charge in [0, 0.05) is 27.7 Å². The van der Waals surface area contributed by atoms with Crippen LogP contribution in [0.2, 0.25) is 10.0 Å². The van der Waals surface area contributed by atoms with Crippen molar-refractivity contribution >= 4 is 66.5 Å². The van der Waals surface area contributed by atoms with E-state index in [1.54, 1.807) is 11.3 Å². The van der Waals surface area contributed by atoms with Gasteiger partial charge in [0.2, 0.25) is 21.8 Å². The molecule has 1 heterocycles. The molecule has 4 rings (SSSR count). The van der Waals surface area contributed by atoms with Crippen molar-refractivity contribution in [3.8, 4) is 0 Å². The van der Waals surface area contributed by atoms with Crippen molar-refractivity contribution in [2.45, 2.75) is 56.9 Å². The van der Waals surface area contributed by atoms with E-state index in [9.17, 15) is 18.0 Å². The van der Waals surface area contributed by atoms with Gasteiger partial charge in [-0.3, -0.25) is 9.59 Å². The summed E-state index contributed by atoms with van der Waals surface area (Å²) in [6, 6.07) is 13.7. The van der Waals surface area contributed by atoms with Crippen LogP contribution in [0, 0.1) is 17.8 Å². The largest absolute Gasteiger partial charge is 0.354 e. The second-order valence-electron chi connectivity index (χ2n) is 10.8. The highest BCUT2D eigenvalue weighted by molar-refractivity contribution is 7.89. The number of thiophene rings is 1. The second kappa shape index (κ2) is 13.7. The van der Waals surface area contributed by atoms with Crippen LogP contribution in [0.15, 0.2) is 53.4 Å². The first kappa shape index (κ1) is 30.8. The Morgan fingerprint density at radius 2 is 1.75 bits per heavy atom. The van der Waals surface area contributed by atoms with E-state index in [-0.39, 0.29) is 52.5 Å². The zero-order chi connectivity index (χ0) is 28.9. The summed E-state index contributed by atoms with van der Waals surface area (Å²) in [7, 11) is -3.80. The minimum atomic E-state index is -3.80. The first-order valence-electron chi connectivity index (χ1n) is 13.5. The number of hydrogen-bond donors (Lipinski definition) is 3. The van der Waals surface area contributed by atoms with Crippen molar-refractivity contribution in [1.82, 2.24) is 15.4 Å². The minimum Gasteiger partial charge on any atom is -0.354 e. The number of carbonyl (C=O) groups excluding carboxylic acids is 2. The Bertz CT molecular complexity index is 1430. The predicted octanol–water partition coefficient (Wildman–Crippen LogP) is 5.79.